The van der Waals surface area contributed by atoms with E-state index in [0.717, 1.165) is 80.5 Å². The van der Waals surface area contributed by atoms with E-state index in [9.17, 15) is 14.7 Å². The number of likely N-dealkylation sites (tertiary alicyclic amines) is 1. The molecule has 4 N–H and O–H groups in total. The molecule has 0 saturated carbocycles. The number of methoxy groups -OCH3 is 1. The van der Waals surface area contributed by atoms with Crippen LogP contribution in [0.1, 0.15) is 92.4 Å². The third kappa shape index (κ3) is 10.4. The maximum atomic E-state index is 12.3. The normalized spacial score (nSPS) is 22.4. The van der Waals surface area contributed by atoms with Gasteiger partial charge in [0.15, 0.2) is 6.29 Å². The highest BCUT2D eigenvalue weighted by atomic mass is 16.7. The molecule has 2 aromatic carbocycles. The second kappa shape index (κ2) is 17.4. The maximum Gasteiger partial charge on any atom is 0.243 e. The van der Waals surface area contributed by atoms with Crippen molar-refractivity contribution < 1.29 is 34.1 Å². The van der Waals surface area contributed by atoms with Crippen molar-refractivity contribution in [2.24, 2.45) is 0 Å². The van der Waals surface area contributed by atoms with E-state index in [4.69, 9.17) is 19.4 Å². The fourth-order valence-corrected chi connectivity index (χ4v) is 5.87. The highest BCUT2D eigenvalue weighted by Gasteiger charge is 2.35. The summed E-state index contributed by atoms with van der Waals surface area (Å²) in [5.41, 5.74) is 5.50. The number of carbonyl (C=O) groups is 2. The zero-order chi connectivity index (χ0) is 30.4. The zero-order valence-corrected chi connectivity index (χ0v) is 25.2. The highest BCUT2D eigenvalue weighted by molar-refractivity contribution is 5.75. The minimum absolute atomic E-state index is 0.00251. The Morgan fingerprint density at radius 3 is 2.28 bits per heavy atom. The first-order valence-electron chi connectivity index (χ1n) is 15.5. The predicted molar refractivity (Wildman–Crippen MR) is 161 cm³/mol. The van der Waals surface area contributed by atoms with Gasteiger partial charge in [0.05, 0.1) is 25.4 Å². The molecule has 2 heterocycles. The van der Waals surface area contributed by atoms with Crippen LogP contribution in [0.15, 0.2) is 48.5 Å². The van der Waals surface area contributed by atoms with Crippen LogP contribution in [-0.2, 0) is 37.0 Å². The third-order valence-electron chi connectivity index (χ3n) is 8.34. The molecule has 2 aromatic rings. The van der Waals surface area contributed by atoms with Gasteiger partial charge in [-0.1, -0.05) is 61.4 Å². The number of amides is 2. The van der Waals surface area contributed by atoms with Gasteiger partial charge in [-0.15, -0.1) is 0 Å². The summed E-state index contributed by atoms with van der Waals surface area (Å²) in [6.07, 6.45) is 6.28. The van der Waals surface area contributed by atoms with E-state index >= 15 is 0 Å². The Morgan fingerprint density at radius 2 is 1.60 bits per heavy atom. The Balaban J connectivity index is 1.31. The van der Waals surface area contributed by atoms with Crippen LogP contribution >= 0.6 is 0 Å². The molecule has 4 rings (SSSR count). The van der Waals surface area contributed by atoms with E-state index in [0.29, 0.717) is 31.8 Å². The van der Waals surface area contributed by atoms with Gasteiger partial charge in [0.25, 0.3) is 0 Å². The first-order valence-corrected chi connectivity index (χ1v) is 15.5. The van der Waals surface area contributed by atoms with E-state index in [1.165, 1.54) is 0 Å². The largest absolute Gasteiger partial charge is 0.392 e. The van der Waals surface area contributed by atoms with Crippen LogP contribution in [0.4, 0.5) is 0 Å². The first kappa shape index (κ1) is 33.0. The molecular weight excluding hydrogens is 550 g/mol. The number of aliphatic hydroxyl groups excluding tert-OH is 1. The number of benzene rings is 2. The molecule has 10 nitrogen and oxygen atoms in total. The maximum absolute atomic E-state index is 12.3. The van der Waals surface area contributed by atoms with Crippen LogP contribution in [0.2, 0.25) is 0 Å². The van der Waals surface area contributed by atoms with E-state index in [1.807, 2.05) is 48.5 Å². The van der Waals surface area contributed by atoms with Gasteiger partial charge in [0, 0.05) is 51.1 Å². The molecule has 2 aliphatic rings. The molecule has 0 aromatic heterocycles. The molecular formula is C33H47N3O7. The summed E-state index contributed by atoms with van der Waals surface area (Å²) in [5.74, 6) is -0.376. The van der Waals surface area contributed by atoms with Crippen LogP contribution < -0.4 is 10.8 Å². The lowest BCUT2D eigenvalue weighted by Crippen LogP contribution is -2.42. The number of hydrogen-bond acceptors (Lipinski definition) is 8. The summed E-state index contributed by atoms with van der Waals surface area (Å²) in [6, 6.07) is 16.4. The summed E-state index contributed by atoms with van der Waals surface area (Å²) in [6.45, 7) is 3.04. The van der Waals surface area contributed by atoms with Crippen LogP contribution in [0.5, 0.6) is 0 Å². The number of rotatable bonds is 16. The van der Waals surface area contributed by atoms with Crippen molar-refractivity contribution in [3.05, 3.63) is 70.8 Å². The Morgan fingerprint density at radius 1 is 0.930 bits per heavy atom. The lowest BCUT2D eigenvalue weighted by atomic mass is 9.99. The lowest BCUT2D eigenvalue weighted by Gasteiger charge is -2.38. The molecule has 0 unspecified atom stereocenters. The quantitative estimate of drug-likeness (QED) is 0.128. The number of nitrogens with one attached hydrogen (secondary N) is 2. The lowest BCUT2D eigenvalue weighted by molar-refractivity contribution is -0.253. The van der Waals surface area contributed by atoms with Gasteiger partial charge in [-0.3, -0.25) is 19.7 Å². The van der Waals surface area contributed by atoms with Crippen molar-refractivity contribution in [3.8, 4) is 0 Å². The molecule has 4 atom stereocenters. The van der Waals surface area contributed by atoms with Crippen LogP contribution in [0, 0.1) is 0 Å². The van der Waals surface area contributed by atoms with Gasteiger partial charge < -0.3 is 24.6 Å². The van der Waals surface area contributed by atoms with Crippen LogP contribution in [-0.4, -0.2) is 66.0 Å². The fraction of sp³-hybridized carbons (Fsp3) is 0.576. The van der Waals surface area contributed by atoms with Gasteiger partial charge >= 0.3 is 0 Å². The number of nitrogens with zero attached hydrogens (tertiary/aromatic N) is 1. The Kier molecular flexibility index (Phi) is 13.4. The molecule has 43 heavy (non-hydrogen) atoms. The topological polar surface area (TPSA) is 130 Å². The summed E-state index contributed by atoms with van der Waals surface area (Å²) in [5, 5.41) is 21.0. The minimum Gasteiger partial charge on any atom is -0.392 e. The fourth-order valence-electron chi connectivity index (χ4n) is 5.87. The average molecular weight is 598 g/mol. The van der Waals surface area contributed by atoms with E-state index in [-0.39, 0.29) is 30.6 Å². The first-order chi connectivity index (χ1) is 21.0. The van der Waals surface area contributed by atoms with Crippen molar-refractivity contribution >= 4 is 11.8 Å². The Hall–Kier alpha value is -2.86. The molecule has 2 aliphatic heterocycles. The van der Waals surface area contributed by atoms with Crippen molar-refractivity contribution in [3.63, 3.8) is 0 Å². The molecule has 2 fully saturated rings. The molecule has 0 bridgehead atoms. The highest BCUT2D eigenvalue weighted by Crippen LogP contribution is 2.38. The minimum atomic E-state index is -0.517. The molecule has 0 spiro atoms. The van der Waals surface area contributed by atoms with Gasteiger partial charge in [-0.25, -0.2) is 5.48 Å². The SMILES string of the molecule is COC[C@@H]1CCCN1C[C@H]1C[C@@H](c2ccc(CO)cc2)O[C@@H](c2ccc(CNC(=O)CCCCCCC(=O)NO)cc2)O1. The summed E-state index contributed by atoms with van der Waals surface area (Å²) >= 11 is 0. The number of aliphatic hydroxyl groups is 1. The zero-order valence-electron chi connectivity index (χ0n) is 25.2. The second-order valence-electron chi connectivity index (χ2n) is 11.6. The average Bonchev–Trinajstić information content (AvgIpc) is 3.48. The molecule has 10 heteroatoms. The van der Waals surface area contributed by atoms with Crippen molar-refractivity contribution in [2.45, 2.75) is 95.5 Å². The van der Waals surface area contributed by atoms with Crippen molar-refractivity contribution in [1.82, 2.24) is 15.7 Å². The summed E-state index contributed by atoms with van der Waals surface area (Å²) in [7, 11) is 1.76. The van der Waals surface area contributed by atoms with Gasteiger partial charge in [0.2, 0.25) is 11.8 Å². The molecule has 0 radical (unpaired) electrons. The Bertz CT molecular complexity index is 1130. The van der Waals surface area contributed by atoms with Crippen LogP contribution in [0.25, 0.3) is 0 Å². The number of carbonyl (C=O) groups excluding carboxylic acids is 2. The second-order valence-corrected chi connectivity index (χ2v) is 11.6. The molecule has 2 amide bonds. The van der Waals surface area contributed by atoms with Gasteiger partial charge in [-0.05, 0) is 48.9 Å². The van der Waals surface area contributed by atoms with Crippen molar-refractivity contribution in [2.75, 3.05) is 26.8 Å². The van der Waals surface area contributed by atoms with Gasteiger partial charge in [-0.2, -0.15) is 0 Å². The van der Waals surface area contributed by atoms with Crippen LogP contribution in [0.3, 0.4) is 0 Å². The molecule has 2 saturated heterocycles. The van der Waals surface area contributed by atoms with E-state index in [2.05, 4.69) is 10.2 Å². The monoisotopic (exact) mass is 597 g/mol. The Labute approximate surface area is 254 Å². The number of hydroxylamine groups is 1. The van der Waals surface area contributed by atoms with E-state index < -0.39 is 6.29 Å². The number of ether oxygens (including phenoxy) is 3. The van der Waals surface area contributed by atoms with Gasteiger partial charge in [0.1, 0.15) is 0 Å². The third-order valence-corrected chi connectivity index (χ3v) is 8.34. The summed E-state index contributed by atoms with van der Waals surface area (Å²) in [4.78, 5) is 25.8. The molecule has 0 aliphatic carbocycles. The number of unbranched alkanes of at least 4 members (excludes halogenated alkanes) is 3. The number of hydrogen-bond donors (Lipinski definition) is 4. The summed E-state index contributed by atoms with van der Waals surface area (Å²) < 4.78 is 18.5. The molecule has 236 valence electrons. The standard InChI is InChI=1S/C33H47N3O7/c1-41-23-28-7-6-18-36(28)21-29-19-30(26-14-12-25(22-37)13-15-26)43-33(42-29)27-16-10-24(11-17-27)20-34-31(38)8-4-2-3-5-9-32(39)35-40/h10-17,28-30,33,37,40H,2-9,18-23H2,1H3,(H,34,38)(H,35,39)/t28-,29+,30-,33-/m0/s1. The van der Waals surface area contributed by atoms with Crippen molar-refractivity contribution in [1.29, 1.82) is 0 Å². The predicted octanol–water partition coefficient (Wildman–Crippen LogP) is 4.30. The smallest absolute Gasteiger partial charge is 0.243 e. The van der Waals surface area contributed by atoms with E-state index in [1.54, 1.807) is 12.6 Å².